The largest absolute Gasteiger partial charge is 0.459 e. The molecule has 3 heterocycles. The Kier molecular flexibility index (Phi) is 16.8. The normalized spacial score (nSPS) is 37.6. The van der Waals surface area contributed by atoms with Crippen molar-refractivity contribution in [3.63, 3.8) is 0 Å². The van der Waals surface area contributed by atoms with Crippen molar-refractivity contribution in [1.29, 1.82) is 0 Å². The zero-order valence-electron chi connectivity index (χ0n) is 36.1. The molecule has 2 aliphatic rings. The summed E-state index contributed by atoms with van der Waals surface area (Å²) in [5.74, 6) is -2.21. The van der Waals surface area contributed by atoms with Gasteiger partial charge in [-0.3, -0.25) is 14.9 Å². The van der Waals surface area contributed by atoms with Crippen LogP contribution in [-0.2, 0) is 36.6 Å². The van der Waals surface area contributed by atoms with Crippen LogP contribution in [0.15, 0.2) is 29.6 Å². The lowest BCUT2D eigenvalue weighted by atomic mass is 9.78. The molecular weight excluding hydrogens is 769 g/mol. The molecule has 15 nitrogen and oxygen atoms in total. The molecule has 0 radical (unpaired) electrons. The molecule has 4 N–H and O–H groups in total. The third-order valence-corrected chi connectivity index (χ3v) is 13.3. The monoisotopic (exact) mass is 836 g/mol. The highest BCUT2D eigenvalue weighted by atomic mass is 32.1. The van der Waals surface area contributed by atoms with Crippen molar-refractivity contribution in [1.82, 2.24) is 14.8 Å². The van der Waals surface area contributed by atoms with Crippen LogP contribution in [0.5, 0.6) is 0 Å². The lowest BCUT2D eigenvalue weighted by molar-refractivity contribution is -0.384. The minimum absolute atomic E-state index is 0.0490. The molecule has 16 heteroatoms. The van der Waals surface area contributed by atoms with E-state index in [1.807, 2.05) is 52.1 Å². The van der Waals surface area contributed by atoms with Crippen LogP contribution < -0.4 is 0 Å². The fourth-order valence-corrected chi connectivity index (χ4v) is 9.84. The second kappa shape index (κ2) is 20.3. The molecule has 2 saturated heterocycles. The number of esters is 1. The Hall–Kier alpha value is -2.64. The molecule has 0 aliphatic carbocycles. The van der Waals surface area contributed by atoms with Crippen molar-refractivity contribution >= 4 is 23.0 Å². The molecule has 0 spiro atoms. The Bertz CT molecular complexity index is 1630. The minimum Gasteiger partial charge on any atom is -0.459 e. The number of hydrogen-bond donors (Lipinski definition) is 4. The molecular formula is C42H68N4O11S. The molecule has 14 atom stereocenters. The van der Waals surface area contributed by atoms with Gasteiger partial charge in [-0.1, -0.05) is 32.9 Å². The molecule has 2 aromatic rings. The van der Waals surface area contributed by atoms with Crippen molar-refractivity contribution in [2.75, 3.05) is 34.3 Å². The second-order valence-electron chi connectivity index (χ2n) is 17.4. The molecule has 58 heavy (non-hydrogen) atoms. The van der Waals surface area contributed by atoms with E-state index in [2.05, 4.69) is 4.90 Å². The Morgan fingerprint density at radius 3 is 2.38 bits per heavy atom. The Balaban J connectivity index is 1.54. The number of cyclic esters (lactones) is 1. The van der Waals surface area contributed by atoms with Gasteiger partial charge in [-0.05, 0) is 79.5 Å². The van der Waals surface area contributed by atoms with Crippen LogP contribution in [0.1, 0.15) is 90.9 Å². The second-order valence-corrected chi connectivity index (χ2v) is 18.4. The van der Waals surface area contributed by atoms with E-state index in [4.69, 9.17) is 23.9 Å². The van der Waals surface area contributed by atoms with Gasteiger partial charge in [0.15, 0.2) is 6.29 Å². The van der Waals surface area contributed by atoms with Crippen molar-refractivity contribution in [3.05, 3.63) is 56.0 Å². The lowest BCUT2D eigenvalue weighted by Gasteiger charge is -2.47. The first kappa shape index (κ1) is 48.0. The summed E-state index contributed by atoms with van der Waals surface area (Å²) in [4.78, 5) is 33.2. The van der Waals surface area contributed by atoms with E-state index in [0.29, 0.717) is 32.4 Å². The van der Waals surface area contributed by atoms with Crippen LogP contribution in [0, 0.1) is 27.9 Å². The molecule has 2 fully saturated rings. The number of nitrogens with zero attached hydrogens (tertiary/aromatic N) is 4. The molecule has 328 valence electrons. The van der Waals surface area contributed by atoms with Crippen molar-refractivity contribution in [2.24, 2.45) is 17.8 Å². The first-order chi connectivity index (χ1) is 27.1. The zero-order chi connectivity index (χ0) is 43.3. The number of likely N-dealkylation sites (N-methyl/N-ethyl adjacent to an activating group) is 2. The van der Waals surface area contributed by atoms with Gasteiger partial charge in [0.2, 0.25) is 0 Å². The van der Waals surface area contributed by atoms with Gasteiger partial charge in [0.05, 0.1) is 45.5 Å². The predicted molar refractivity (Wildman–Crippen MR) is 220 cm³/mol. The Morgan fingerprint density at radius 1 is 1.12 bits per heavy atom. The van der Waals surface area contributed by atoms with Gasteiger partial charge in [0.1, 0.15) is 23.9 Å². The lowest BCUT2D eigenvalue weighted by Crippen LogP contribution is -2.59. The summed E-state index contributed by atoms with van der Waals surface area (Å²) < 4.78 is 24.9. The van der Waals surface area contributed by atoms with Gasteiger partial charge in [0.25, 0.3) is 5.69 Å². The van der Waals surface area contributed by atoms with Crippen LogP contribution in [0.4, 0.5) is 5.69 Å². The Labute approximate surface area is 347 Å². The number of methoxy groups -OCH3 is 1. The summed E-state index contributed by atoms with van der Waals surface area (Å²) in [6.07, 6.45) is -4.25. The number of ether oxygens (including phenoxy) is 4. The van der Waals surface area contributed by atoms with Crippen molar-refractivity contribution in [2.45, 2.75) is 154 Å². The first-order valence-electron chi connectivity index (χ1n) is 20.5. The van der Waals surface area contributed by atoms with Gasteiger partial charge in [-0.15, -0.1) is 11.3 Å². The maximum atomic E-state index is 13.8. The number of benzene rings is 1. The summed E-state index contributed by atoms with van der Waals surface area (Å²) in [5, 5.41) is 61.2. The van der Waals surface area contributed by atoms with E-state index in [0.717, 1.165) is 16.3 Å². The minimum atomic E-state index is -1.75. The molecule has 4 rings (SSSR count). The molecule has 0 bridgehead atoms. The van der Waals surface area contributed by atoms with Crippen molar-refractivity contribution in [3.8, 4) is 0 Å². The molecule has 1 aromatic carbocycles. The highest BCUT2D eigenvalue weighted by molar-refractivity contribution is 7.09. The van der Waals surface area contributed by atoms with Crippen LogP contribution in [0.3, 0.4) is 0 Å². The summed E-state index contributed by atoms with van der Waals surface area (Å²) in [7, 11) is 5.28. The molecule has 0 unspecified atom stereocenters. The smallest absolute Gasteiger partial charge is 0.311 e. The van der Waals surface area contributed by atoms with Crippen LogP contribution >= 0.6 is 11.3 Å². The van der Waals surface area contributed by atoms with Crippen LogP contribution in [-0.4, -0.2) is 147 Å². The van der Waals surface area contributed by atoms with E-state index in [-0.39, 0.29) is 36.6 Å². The van der Waals surface area contributed by atoms with Gasteiger partial charge >= 0.3 is 5.97 Å². The molecule has 1 aromatic heterocycles. The summed E-state index contributed by atoms with van der Waals surface area (Å²) >= 11 is 1.54. The quantitative estimate of drug-likeness (QED) is 0.143. The number of carbonyl (C=O) groups is 1. The third-order valence-electron chi connectivity index (χ3n) is 12.4. The van der Waals surface area contributed by atoms with Crippen LogP contribution in [0.25, 0.3) is 0 Å². The number of nitro groups is 1. The standard InChI is InChI=1S/C42H68N4O11S/c1-12-33-42(8,51)37(48)28(6)45(10)22-24(2)21-41(7,50)38(26(4)36(54-11)27(5)39(49)56-33)57-40-35(47)32(19-25(3)55-40)44(9)18-17-30-23-58-34(43-30)20-29-13-15-31(16-14-29)46(52)53/h13-16,23-28,32-33,35-38,40,47-48,50-51H,12,17-22H2,1-11H3/t24-,25-,26+,27-,28-,32+,33-,35-,36+,37-,38-,40+,41-,42-/m1/s1. The fraction of sp³-hybridized carbons (Fsp3) is 0.762. The number of thiazole rings is 1. The third kappa shape index (κ3) is 11.6. The number of non-ortho nitro benzene ring substituents is 1. The summed E-state index contributed by atoms with van der Waals surface area (Å²) in [6.45, 7) is 15.3. The number of hydrogen-bond acceptors (Lipinski definition) is 15. The average Bonchev–Trinajstić information content (AvgIpc) is 3.61. The van der Waals surface area contributed by atoms with Crippen LogP contribution in [0.2, 0.25) is 0 Å². The summed E-state index contributed by atoms with van der Waals surface area (Å²) in [6, 6.07) is 5.62. The maximum absolute atomic E-state index is 13.8. The number of rotatable bonds is 11. The predicted octanol–water partition coefficient (Wildman–Crippen LogP) is 4.20. The maximum Gasteiger partial charge on any atom is 0.311 e. The van der Waals surface area contributed by atoms with E-state index in [1.54, 1.807) is 32.9 Å². The number of aliphatic hydroxyl groups excluding tert-OH is 2. The zero-order valence-corrected chi connectivity index (χ0v) is 36.9. The van der Waals surface area contributed by atoms with Gasteiger partial charge in [0, 0.05) is 68.6 Å². The van der Waals surface area contributed by atoms with Crippen molar-refractivity contribution < 1.29 is 49.1 Å². The van der Waals surface area contributed by atoms with E-state index < -0.39 is 76.8 Å². The average molecular weight is 837 g/mol. The van der Waals surface area contributed by atoms with Gasteiger partial charge in [-0.2, -0.15) is 0 Å². The highest BCUT2D eigenvalue weighted by Crippen LogP contribution is 2.37. The summed E-state index contributed by atoms with van der Waals surface area (Å²) in [5.41, 5.74) is -1.35. The topological polar surface area (TPSA) is 197 Å². The SMILES string of the molecule is CC[C@H]1OC(=O)[C@H](C)[C@@H](OC)[C@H](C)[C@@H](O[C@@H]2O[C@H](C)C[C@H](N(C)CCc3csc(Cc4ccc([N+](=O)[O-])cc4)n3)[C@H]2O)[C@](C)(O)C[C@@H](C)CN(C)[C@H](C)[C@@H](O)[C@]1(C)O. The van der Waals surface area contributed by atoms with Gasteiger partial charge in [-0.25, -0.2) is 4.98 Å². The molecule has 2 aliphatic heterocycles. The van der Waals surface area contributed by atoms with E-state index in [1.165, 1.54) is 37.5 Å². The van der Waals surface area contributed by atoms with E-state index >= 15 is 0 Å². The number of carbonyl (C=O) groups excluding carboxylic acids is 1. The molecule has 0 amide bonds. The molecule has 0 saturated carbocycles. The number of nitro benzene ring substituents is 1. The fourth-order valence-electron chi connectivity index (χ4n) is 8.98. The first-order valence-corrected chi connectivity index (χ1v) is 21.4. The highest BCUT2D eigenvalue weighted by Gasteiger charge is 2.50. The number of aromatic nitrogens is 1. The number of aliphatic hydroxyl groups is 4. The van der Waals surface area contributed by atoms with E-state index in [9.17, 15) is 35.3 Å². The Morgan fingerprint density at radius 2 is 1.78 bits per heavy atom. The van der Waals surface area contributed by atoms with Gasteiger partial charge < -0.3 is 49.2 Å².